The van der Waals surface area contributed by atoms with Crippen molar-refractivity contribution in [3.05, 3.63) is 29.3 Å². The van der Waals surface area contributed by atoms with Gasteiger partial charge >= 0.3 is 0 Å². The molecular formula is C15H14N2O4S. The van der Waals surface area contributed by atoms with Crippen molar-refractivity contribution in [1.82, 2.24) is 10.2 Å². The molecule has 0 spiro atoms. The van der Waals surface area contributed by atoms with Gasteiger partial charge in [-0.25, -0.2) is 0 Å². The lowest BCUT2D eigenvalue weighted by atomic mass is 10.0. The molecule has 114 valence electrons. The van der Waals surface area contributed by atoms with Crippen molar-refractivity contribution >= 4 is 35.4 Å². The topological polar surface area (TPSA) is 83.6 Å². The minimum absolute atomic E-state index is 0.125. The van der Waals surface area contributed by atoms with Gasteiger partial charge in [0.2, 0.25) is 11.8 Å². The molecule has 1 N–H and O–H groups in total. The van der Waals surface area contributed by atoms with E-state index < -0.39 is 23.8 Å². The number of nitrogens with one attached hydrogen (secondary N) is 1. The molecule has 0 aliphatic carbocycles. The van der Waals surface area contributed by atoms with E-state index in [0.29, 0.717) is 11.1 Å². The van der Waals surface area contributed by atoms with Crippen molar-refractivity contribution < 1.29 is 19.2 Å². The van der Waals surface area contributed by atoms with E-state index in [4.69, 9.17) is 0 Å². The summed E-state index contributed by atoms with van der Waals surface area (Å²) < 4.78 is 0. The average molecular weight is 318 g/mol. The predicted octanol–water partition coefficient (Wildman–Crippen LogP) is 1.20. The SMILES string of the molecule is CCSc1cccc2c1C(=O)N(C1CCC(=O)NC1=O)C2=O. The fourth-order valence-electron chi connectivity index (χ4n) is 2.76. The van der Waals surface area contributed by atoms with Crippen molar-refractivity contribution in [1.29, 1.82) is 0 Å². The number of carbonyl (C=O) groups is 4. The predicted molar refractivity (Wildman–Crippen MR) is 79.5 cm³/mol. The molecule has 2 aliphatic rings. The van der Waals surface area contributed by atoms with Crippen LogP contribution in [0.15, 0.2) is 23.1 Å². The second kappa shape index (κ2) is 5.57. The van der Waals surface area contributed by atoms with E-state index in [1.165, 1.54) is 11.8 Å². The Morgan fingerprint density at radius 3 is 2.68 bits per heavy atom. The summed E-state index contributed by atoms with van der Waals surface area (Å²) in [6.07, 6.45) is 0.298. The molecule has 22 heavy (non-hydrogen) atoms. The highest BCUT2D eigenvalue weighted by molar-refractivity contribution is 7.99. The van der Waals surface area contributed by atoms with Crippen LogP contribution in [0.25, 0.3) is 0 Å². The number of hydrogen-bond acceptors (Lipinski definition) is 5. The van der Waals surface area contributed by atoms with Gasteiger partial charge in [-0.3, -0.25) is 29.4 Å². The summed E-state index contributed by atoms with van der Waals surface area (Å²) in [6.45, 7) is 1.96. The highest BCUT2D eigenvalue weighted by Gasteiger charge is 2.45. The maximum Gasteiger partial charge on any atom is 0.263 e. The van der Waals surface area contributed by atoms with Crippen LogP contribution in [0.3, 0.4) is 0 Å². The van der Waals surface area contributed by atoms with Crippen molar-refractivity contribution in [3.8, 4) is 0 Å². The van der Waals surface area contributed by atoms with Crippen LogP contribution in [-0.4, -0.2) is 40.3 Å². The van der Waals surface area contributed by atoms with Crippen LogP contribution in [0.5, 0.6) is 0 Å². The minimum Gasteiger partial charge on any atom is -0.295 e. The summed E-state index contributed by atoms with van der Waals surface area (Å²) in [5.74, 6) is -1.11. The zero-order valence-corrected chi connectivity index (χ0v) is 12.7. The van der Waals surface area contributed by atoms with Crippen LogP contribution in [0, 0.1) is 0 Å². The van der Waals surface area contributed by atoms with Gasteiger partial charge in [-0.2, -0.15) is 0 Å². The zero-order chi connectivity index (χ0) is 15.9. The van der Waals surface area contributed by atoms with Crippen LogP contribution < -0.4 is 5.32 Å². The Kier molecular flexibility index (Phi) is 3.74. The second-order valence-corrected chi connectivity index (χ2v) is 6.36. The van der Waals surface area contributed by atoms with Crippen molar-refractivity contribution in [2.24, 2.45) is 0 Å². The molecule has 1 aromatic rings. The van der Waals surface area contributed by atoms with E-state index in [2.05, 4.69) is 5.32 Å². The Bertz CT molecular complexity index is 701. The van der Waals surface area contributed by atoms with Gasteiger partial charge in [0.1, 0.15) is 6.04 Å². The lowest BCUT2D eigenvalue weighted by molar-refractivity contribution is -0.136. The Morgan fingerprint density at radius 2 is 2.00 bits per heavy atom. The first-order valence-corrected chi connectivity index (χ1v) is 8.00. The molecule has 2 aliphatic heterocycles. The highest BCUT2D eigenvalue weighted by Crippen LogP contribution is 2.34. The van der Waals surface area contributed by atoms with Gasteiger partial charge in [-0.05, 0) is 24.3 Å². The molecule has 0 radical (unpaired) electrons. The summed E-state index contributed by atoms with van der Waals surface area (Å²) in [5.41, 5.74) is 0.692. The van der Waals surface area contributed by atoms with Crippen LogP contribution in [-0.2, 0) is 9.59 Å². The molecule has 0 aromatic heterocycles. The number of thioether (sulfide) groups is 1. The standard InChI is InChI=1S/C15H14N2O4S/c1-2-22-10-5-3-4-8-12(10)15(21)17(14(8)20)9-6-7-11(18)16-13(9)19/h3-5,9H,2,6-7H2,1H3,(H,16,18,19). The number of amides is 4. The van der Waals surface area contributed by atoms with Crippen molar-refractivity contribution in [2.75, 3.05) is 5.75 Å². The highest BCUT2D eigenvalue weighted by atomic mass is 32.2. The minimum atomic E-state index is -0.912. The fourth-order valence-corrected chi connectivity index (χ4v) is 3.59. The smallest absolute Gasteiger partial charge is 0.263 e. The lowest BCUT2D eigenvalue weighted by Gasteiger charge is -2.27. The zero-order valence-electron chi connectivity index (χ0n) is 11.9. The summed E-state index contributed by atoms with van der Waals surface area (Å²) >= 11 is 1.48. The maximum atomic E-state index is 12.7. The van der Waals surface area contributed by atoms with Crippen molar-refractivity contribution in [3.63, 3.8) is 0 Å². The van der Waals surface area contributed by atoms with E-state index in [0.717, 1.165) is 15.5 Å². The maximum absolute atomic E-state index is 12.7. The monoisotopic (exact) mass is 318 g/mol. The number of rotatable bonds is 3. The fraction of sp³-hybridized carbons (Fsp3) is 0.333. The van der Waals surface area contributed by atoms with Crippen LogP contribution in [0.1, 0.15) is 40.5 Å². The van der Waals surface area contributed by atoms with E-state index in [1.807, 2.05) is 6.92 Å². The van der Waals surface area contributed by atoms with Gasteiger partial charge in [-0.1, -0.05) is 13.0 Å². The number of benzene rings is 1. The quantitative estimate of drug-likeness (QED) is 0.669. The first-order chi connectivity index (χ1) is 10.5. The number of piperidine rings is 1. The first kappa shape index (κ1) is 14.8. The summed E-state index contributed by atoms with van der Waals surface area (Å²) in [7, 11) is 0. The number of nitrogens with zero attached hydrogens (tertiary/aromatic N) is 1. The Balaban J connectivity index is 1.98. The molecule has 1 saturated heterocycles. The van der Waals surface area contributed by atoms with Gasteiger partial charge < -0.3 is 0 Å². The molecule has 3 rings (SSSR count). The number of hydrogen-bond donors (Lipinski definition) is 1. The molecule has 4 amide bonds. The van der Waals surface area contributed by atoms with E-state index >= 15 is 0 Å². The molecule has 6 nitrogen and oxygen atoms in total. The Labute approximate surface area is 131 Å². The third-order valence-electron chi connectivity index (χ3n) is 3.73. The number of carbonyl (C=O) groups excluding carboxylic acids is 4. The number of fused-ring (bicyclic) bond motifs is 1. The van der Waals surface area contributed by atoms with Crippen LogP contribution >= 0.6 is 11.8 Å². The average Bonchev–Trinajstić information content (AvgIpc) is 2.73. The van der Waals surface area contributed by atoms with E-state index in [9.17, 15) is 19.2 Å². The molecule has 1 unspecified atom stereocenters. The second-order valence-electron chi connectivity index (χ2n) is 5.06. The third kappa shape index (κ3) is 2.21. The van der Waals surface area contributed by atoms with Crippen LogP contribution in [0.2, 0.25) is 0 Å². The van der Waals surface area contributed by atoms with E-state index in [-0.39, 0.29) is 18.7 Å². The normalized spacial score (nSPS) is 21.1. The Hall–Kier alpha value is -2.15. The lowest BCUT2D eigenvalue weighted by Crippen LogP contribution is -2.54. The molecule has 2 heterocycles. The molecule has 1 atom stereocenters. The Morgan fingerprint density at radius 1 is 1.23 bits per heavy atom. The van der Waals surface area contributed by atoms with Gasteiger partial charge in [0.05, 0.1) is 11.1 Å². The molecule has 7 heteroatoms. The summed E-state index contributed by atoms with van der Waals surface area (Å²) in [4.78, 5) is 50.1. The van der Waals surface area contributed by atoms with Gasteiger partial charge in [0.15, 0.2) is 0 Å². The summed E-state index contributed by atoms with van der Waals surface area (Å²) in [6, 6.07) is 4.22. The van der Waals surface area contributed by atoms with Gasteiger partial charge in [-0.15, -0.1) is 11.8 Å². The largest absolute Gasteiger partial charge is 0.295 e. The molecule has 1 aromatic carbocycles. The molecule has 1 fully saturated rings. The van der Waals surface area contributed by atoms with E-state index in [1.54, 1.807) is 18.2 Å². The van der Waals surface area contributed by atoms with Crippen molar-refractivity contribution in [2.45, 2.75) is 30.7 Å². The van der Waals surface area contributed by atoms with Gasteiger partial charge in [0, 0.05) is 11.3 Å². The van der Waals surface area contributed by atoms with Gasteiger partial charge in [0.25, 0.3) is 11.8 Å². The number of imide groups is 2. The molecule has 0 bridgehead atoms. The molecular weight excluding hydrogens is 304 g/mol. The first-order valence-electron chi connectivity index (χ1n) is 7.02. The summed E-state index contributed by atoms with van der Waals surface area (Å²) in [5, 5.41) is 2.18. The third-order valence-corrected chi connectivity index (χ3v) is 4.67. The molecule has 0 saturated carbocycles. The van der Waals surface area contributed by atoms with Crippen LogP contribution in [0.4, 0.5) is 0 Å².